The van der Waals surface area contributed by atoms with Gasteiger partial charge in [0.25, 0.3) is 0 Å². The van der Waals surface area contributed by atoms with Crippen molar-refractivity contribution in [2.45, 2.75) is 19.6 Å². The minimum Gasteiger partial charge on any atom is -0.427 e. The summed E-state index contributed by atoms with van der Waals surface area (Å²) in [6, 6.07) is 14.0. The van der Waals surface area contributed by atoms with Crippen LogP contribution >= 0.6 is 0 Å². The topological polar surface area (TPSA) is 55.6 Å². The first kappa shape index (κ1) is 16.2. The number of benzene rings is 2. The van der Waals surface area contributed by atoms with E-state index in [9.17, 15) is 18.9 Å². The molecule has 2 aromatic carbocycles. The lowest BCUT2D eigenvalue weighted by molar-refractivity contribution is -0.386. The van der Waals surface area contributed by atoms with Crippen molar-refractivity contribution >= 4 is 11.4 Å². The maximum absolute atomic E-state index is 12.5. The van der Waals surface area contributed by atoms with Crippen LogP contribution in [0.15, 0.2) is 48.5 Å². The van der Waals surface area contributed by atoms with Crippen LogP contribution in [-0.4, -0.2) is 18.1 Å². The number of nitrogens with zero attached hydrogens (tertiary/aromatic N) is 2. The highest BCUT2D eigenvalue weighted by atomic mass is 19.3. The van der Waals surface area contributed by atoms with Gasteiger partial charge in [0.05, 0.1) is 11.0 Å². The summed E-state index contributed by atoms with van der Waals surface area (Å²) in [5.41, 5.74) is 1.28. The highest BCUT2D eigenvalue weighted by Gasteiger charge is 2.37. The summed E-state index contributed by atoms with van der Waals surface area (Å²) in [5, 5.41) is 11.0. The fourth-order valence-electron chi connectivity index (χ4n) is 3.14. The minimum atomic E-state index is -3.11. The molecule has 0 amide bonds. The second kappa shape index (κ2) is 6.43. The predicted molar refractivity (Wildman–Crippen MR) is 85.4 cm³/mol. The standard InChI is InChI=1S/C17H16F2N2O3/c1-11-10-20(16(11)12-5-3-2-4-6-12)13-7-8-14(21(22)23)15(9-13)24-17(18)19/h2-9,11,16-17H,10H2,1H3. The molecule has 1 aliphatic rings. The molecule has 126 valence electrons. The van der Waals surface area contributed by atoms with Crippen LogP contribution in [0.5, 0.6) is 5.75 Å². The van der Waals surface area contributed by atoms with Crippen LogP contribution in [0, 0.1) is 16.0 Å². The highest BCUT2D eigenvalue weighted by molar-refractivity contribution is 5.61. The summed E-state index contributed by atoms with van der Waals surface area (Å²) in [6.07, 6.45) is 0. The Morgan fingerprint density at radius 3 is 2.54 bits per heavy atom. The van der Waals surface area contributed by atoms with Crippen molar-refractivity contribution in [3.63, 3.8) is 0 Å². The van der Waals surface area contributed by atoms with Crippen molar-refractivity contribution in [3.8, 4) is 5.75 Å². The zero-order chi connectivity index (χ0) is 17.3. The first-order chi connectivity index (χ1) is 11.5. The van der Waals surface area contributed by atoms with Crippen LogP contribution in [0.1, 0.15) is 18.5 Å². The second-order valence-electron chi connectivity index (χ2n) is 5.77. The van der Waals surface area contributed by atoms with E-state index in [0.717, 1.165) is 12.1 Å². The molecule has 1 aliphatic heterocycles. The summed E-state index contributed by atoms with van der Waals surface area (Å²) in [4.78, 5) is 12.3. The summed E-state index contributed by atoms with van der Waals surface area (Å²) in [5.74, 6) is -0.0269. The lowest BCUT2D eigenvalue weighted by Crippen LogP contribution is -2.48. The van der Waals surface area contributed by atoms with Gasteiger partial charge in [-0.25, -0.2) is 0 Å². The number of nitro groups is 1. The van der Waals surface area contributed by atoms with E-state index < -0.39 is 23.0 Å². The molecule has 1 saturated heterocycles. The average Bonchev–Trinajstić information content (AvgIpc) is 2.52. The van der Waals surface area contributed by atoms with Crippen LogP contribution in [0.4, 0.5) is 20.2 Å². The van der Waals surface area contributed by atoms with Gasteiger partial charge in [0, 0.05) is 24.4 Å². The van der Waals surface area contributed by atoms with Gasteiger partial charge in [-0.2, -0.15) is 8.78 Å². The molecule has 2 aromatic rings. The number of rotatable bonds is 5. The number of hydrogen-bond donors (Lipinski definition) is 0. The Bertz CT molecular complexity index is 740. The summed E-state index contributed by atoms with van der Waals surface area (Å²) in [7, 11) is 0. The lowest BCUT2D eigenvalue weighted by atomic mass is 9.84. The summed E-state index contributed by atoms with van der Waals surface area (Å²) < 4.78 is 29.4. The molecule has 1 heterocycles. The molecule has 0 radical (unpaired) electrons. The molecule has 3 rings (SSSR count). The van der Waals surface area contributed by atoms with Crippen molar-refractivity contribution in [1.82, 2.24) is 0 Å². The Morgan fingerprint density at radius 2 is 1.96 bits per heavy atom. The summed E-state index contributed by atoms with van der Waals surface area (Å²) >= 11 is 0. The maximum atomic E-state index is 12.5. The third kappa shape index (κ3) is 3.02. The number of halogens is 2. The van der Waals surface area contributed by atoms with Crippen LogP contribution in [0.2, 0.25) is 0 Å². The Hall–Kier alpha value is -2.70. The van der Waals surface area contributed by atoms with Crippen molar-refractivity contribution in [1.29, 1.82) is 0 Å². The third-order valence-corrected chi connectivity index (χ3v) is 4.19. The number of anilines is 1. The molecule has 0 aliphatic carbocycles. The number of alkyl halides is 2. The van der Waals surface area contributed by atoms with Crippen LogP contribution in [-0.2, 0) is 0 Å². The fourth-order valence-corrected chi connectivity index (χ4v) is 3.14. The molecule has 1 fully saturated rings. The van der Waals surface area contributed by atoms with Gasteiger partial charge >= 0.3 is 12.3 Å². The quantitative estimate of drug-likeness (QED) is 0.601. The Labute approximate surface area is 137 Å². The normalized spacial score (nSPS) is 19.9. The first-order valence-corrected chi connectivity index (χ1v) is 7.52. The van der Waals surface area contributed by atoms with Gasteiger partial charge in [-0.3, -0.25) is 10.1 Å². The van der Waals surface area contributed by atoms with Gasteiger partial charge in [0.2, 0.25) is 5.75 Å². The average molecular weight is 334 g/mol. The number of nitro benzene ring substituents is 1. The van der Waals surface area contributed by atoms with Gasteiger partial charge in [-0.15, -0.1) is 0 Å². The van der Waals surface area contributed by atoms with Crippen molar-refractivity contribution in [3.05, 3.63) is 64.2 Å². The number of ether oxygens (including phenoxy) is 1. The molecular formula is C17H16F2N2O3. The Kier molecular flexibility index (Phi) is 4.33. The SMILES string of the molecule is CC1CN(c2ccc([N+](=O)[O-])c(OC(F)F)c2)C1c1ccccc1. The van der Waals surface area contributed by atoms with E-state index in [-0.39, 0.29) is 6.04 Å². The van der Waals surface area contributed by atoms with Crippen molar-refractivity contribution in [2.24, 2.45) is 5.92 Å². The van der Waals surface area contributed by atoms with Crippen molar-refractivity contribution < 1.29 is 18.4 Å². The van der Waals surface area contributed by atoms with E-state index in [4.69, 9.17) is 0 Å². The van der Waals surface area contributed by atoms with E-state index in [1.54, 1.807) is 6.07 Å². The van der Waals surface area contributed by atoms with Gasteiger partial charge in [0.15, 0.2) is 0 Å². The first-order valence-electron chi connectivity index (χ1n) is 7.52. The van der Waals surface area contributed by atoms with E-state index in [1.807, 2.05) is 35.2 Å². The molecule has 2 unspecified atom stereocenters. The van der Waals surface area contributed by atoms with Crippen LogP contribution in [0.25, 0.3) is 0 Å². The van der Waals surface area contributed by atoms with Gasteiger partial charge in [0.1, 0.15) is 0 Å². The molecule has 0 spiro atoms. The fraction of sp³-hybridized carbons (Fsp3) is 0.294. The minimum absolute atomic E-state index is 0.104. The molecule has 5 nitrogen and oxygen atoms in total. The van der Waals surface area contributed by atoms with E-state index >= 15 is 0 Å². The Balaban J connectivity index is 1.93. The molecule has 0 bridgehead atoms. The highest BCUT2D eigenvalue weighted by Crippen LogP contribution is 2.44. The third-order valence-electron chi connectivity index (χ3n) is 4.19. The van der Waals surface area contributed by atoms with E-state index in [0.29, 0.717) is 11.6 Å². The van der Waals surface area contributed by atoms with E-state index in [1.165, 1.54) is 12.1 Å². The molecule has 0 N–H and O–H groups in total. The van der Waals surface area contributed by atoms with Crippen molar-refractivity contribution in [2.75, 3.05) is 11.4 Å². The molecule has 0 aromatic heterocycles. The summed E-state index contributed by atoms with van der Waals surface area (Å²) in [6.45, 7) is -0.263. The molecular weight excluding hydrogens is 318 g/mol. The smallest absolute Gasteiger partial charge is 0.387 e. The molecule has 24 heavy (non-hydrogen) atoms. The molecule has 7 heteroatoms. The van der Waals surface area contributed by atoms with Gasteiger partial charge < -0.3 is 9.64 Å². The zero-order valence-electron chi connectivity index (χ0n) is 12.9. The van der Waals surface area contributed by atoms with Gasteiger partial charge in [-0.05, 0) is 17.5 Å². The largest absolute Gasteiger partial charge is 0.427 e. The van der Waals surface area contributed by atoms with E-state index in [2.05, 4.69) is 11.7 Å². The second-order valence-corrected chi connectivity index (χ2v) is 5.77. The van der Waals surface area contributed by atoms with Gasteiger partial charge in [-0.1, -0.05) is 37.3 Å². The number of hydrogen-bond acceptors (Lipinski definition) is 4. The zero-order valence-corrected chi connectivity index (χ0v) is 12.9. The maximum Gasteiger partial charge on any atom is 0.387 e. The monoisotopic (exact) mass is 334 g/mol. The van der Waals surface area contributed by atoms with Crippen LogP contribution < -0.4 is 9.64 Å². The molecule has 2 atom stereocenters. The Morgan fingerprint density at radius 1 is 1.25 bits per heavy atom. The predicted octanol–water partition coefficient (Wildman–Crippen LogP) is 4.39. The van der Waals surface area contributed by atoms with Crippen LogP contribution in [0.3, 0.4) is 0 Å². The lowest BCUT2D eigenvalue weighted by Gasteiger charge is -2.48. The molecule has 0 saturated carbocycles.